The van der Waals surface area contributed by atoms with E-state index < -0.39 is 16.1 Å². The lowest BCUT2D eigenvalue weighted by Crippen LogP contribution is -2.51. The Hall–Kier alpha value is -1.31. The minimum atomic E-state index is -3.24. The van der Waals surface area contributed by atoms with Gasteiger partial charge >= 0.3 is 0 Å². The Balaban J connectivity index is 1.95. The number of amides is 1. The Morgan fingerprint density at radius 2 is 2.17 bits per heavy atom. The predicted molar refractivity (Wildman–Crippen MR) is 93.9 cm³/mol. The van der Waals surface area contributed by atoms with Gasteiger partial charge in [0, 0.05) is 19.1 Å². The summed E-state index contributed by atoms with van der Waals surface area (Å²) in [6, 6.07) is 5.15. The molecule has 1 fully saturated rings. The van der Waals surface area contributed by atoms with E-state index in [1.807, 2.05) is 13.0 Å². The van der Waals surface area contributed by atoms with Crippen molar-refractivity contribution < 1.29 is 17.9 Å². The van der Waals surface area contributed by atoms with E-state index in [-0.39, 0.29) is 11.9 Å². The van der Waals surface area contributed by atoms with Gasteiger partial charge in [0.15, 0.2) is 6.10 Å². The molecule has 1 aromatic rings. The Labute approximate surface area is 148 Å². The van der Waals surface area contributed by atoms with Crippen LogP contribution in [0.15, 0.2) is 18.2 Å². The molecule has 0 aliphatic carbocycles. The van der Waals surface area contributed by atoms with E-state index in [0.717, 1.165) is 18.4 Å². The zero-order valence-electron chi connectivity index (χ0n) is 14.1. The summed E-state index contributed by atoms with van der Waals surface area (Å²) in [7, 11) is -3.24. The minimum absolute atomic E-state index is 0.208. The van der Waals surface area contributed by atoms with Gasteiger partial charge in [0.05, 0.1) is 11.3 Å². The zero-order chi connectivity index (χ0) is 17.9. The van der Waals surface area contributed by atoms with Crippen LogP contribution in [0.1, 0.15) is 25.3 Å². The molecule has 2 atom stereocenters. The van der Waals surface area contributed by atoms with E-state index in [1.165, 1.54) is 10.6 Å². The van der Waals surface area contributed by atoms with Gasteiger partial charge in [-0.05, 0) is 44.4 Å². The van der Waals surface area contributed by atoms with E-state index >= 15 is 0 Å². The van der Waals surface area contributed by atoms with Crippen molar-refractivity contribution in [2.45, 2.75) is 38.8 Å². The molecule has 1 amide bonds. The Morgan fingerprint density at radius 3 is 2.83 bits per heavy atom. The molecule has 8 heteroatoms. The maximum absolute atomic E-state index is 12.3. The van der Waals surface area contributed by atoms with E-state index in [9.17, 15) is 13.2 Å². The molecule has 0 saturated carbocycles. The third-order valence-electron chi connectivity index (χ3n) is 3.96. The summed E-state index contributed by atoms with van der Waals surface area (Å²) >= 11 is 6.08. The van der Waals surface area contributed by atoms with Gasteiger partial charge in [-0.2, -0.15) is 0 Å². The molecular weight excluding hydrogens is 352 g/mol. The van der Waals surface area contributed by atoms with Gasteiger partial charge in [-0.25, -0.2) is 12.7 Å². The van der Waals surface area contributed by atoms with Crippen molar-refractivity contribution in [1.29, 1.82) is 0 Å². The van der Waals surface area contributed by atoms with Crippen LogP contribution in [0.4, 0.5) is 0 Å². The summed E-state index contributed by atoms with van der Waals surface area (Å²) < 4.78 is 30.3. The molecule has 6 nitrogen and oxygen atoms in total. The number of piperidine rings is 1. The van der Waals surface area contributed by atoms with Gasteiger partial charge in [0.25, 0.3) is 5.91 Å². The zero-order valence-corrected chi connectivity index (χ0v) is 15.7. The number of aryl methyl sites for hydroxylation is 1. The molecule has 134 valence electrons. The van der Waals surface area contributed by atoms with Crippen LogP contribution in [0.5, 0.6) is 5.75 Å². The molecule has 1 heterocycles. The van der Waals surface area contributed by atoms with Crippen LogP contribution in [0.25, 0.3) is 0 Å². The van der Waals surface area contributed by atoms with Crippen molar-refractivity contribution in [3.63, 3.8) is 0 Å². The molecule has 0 spiro atoms. The van der Waals surface area contributed by atoms with Crippen LogP contribution >= 0.6 is 11.6 Å². The lowest BCUT2D eigenvalue weighted by molar-refractivity contribution is -0.128. The van der Waals surface area contributed by atoms with E-state index in [0.29, 0.717) is 23.9 Å². The molecule has 1 aromatic carbocycles. The van der Waals surface area contributed by atoms with E-state index in [4.69, 9.17) is 16.3 Å². The molecule has 1 aliphatic rings. The van der Waals surface area contributed by atoms with Crippen LogP contribution in [0.2, 0.25) is 5.02 Å². The lowest BCUT2D eigenvalue weighted by Gasteiger charge is -2.32. The number of benzene rings is 1. The van der Waals surface area contributed by atoms with Crippen LogP contribution in [0, 0.1) is 6.92 Å². The summed E-state index contributed by atoms with van der Waals surface area (Å²) in [5, 5.41) is 3.31. The van der Waals surface area contributed by atoms with E-state index in [1.54, 1.807) is 19.1 Å². The lowest BCUT2D eigenvalue weighted by atomic mass is 10.1. The number of ether oxygens (including phenoxy) is 1. The van der Waals surface area contributed by atoms with Crippen molar-refractivity contribution in [2.24, 2.45) is 0 Å². The van der Waals surface area contributed by atoms with Gasteiger partial charge in [-0.15, -0.1) is 0 Å². The fraction of sp³-hybridized carbons (Fsp3) is 0.562. The molecule has 0 radical (unpaired) electrons. The van der Waals surface area contributed by atoms with Crippen LogP contribution in [0.3, 0.4) is 0 Å². The molecule has 1 saturated heterocycles. The van der Waals surface area contributed by atoms with Gasteiger partial charge < -0.3 is 10.1 Å². The summed E-state index contributed by atoms with van der Waals surface area (Å²) in [6.07, 6.45) is 1.92. The first kappa shape index (κ1) is 19.0. The average Bonchev–Trinajstić information content (AvgIpc) is 2.50. The predicted octanol–water partition coefficient (Wildman–Crippen LogP) is 1.96. The first-order valence-corrected chi connectivity index (χ1v) is 10.1. The maximum Gasteiger partial charge on any atom is 0.261 e. The number of carbonyl (C=O) groups excluding carboxylic acids is 1. The summed E-state index contributed by atoms with van der Waals surface area (Å²) in [4.78, 5) is 12.3. The number of hydrogen-bond donors (Lipinski definition) is 1. The van der Waals surface area contributed by atoms with Crippen LogP contribution in [-0.2, 0) is 14.8 Å². The normalized spacial score (nSPS) is 20.4. The number of nitrogens with zero attached hydrogens (tertiary/aromatic N) is 1. The molecule has 0 bridgehead atoms. The Morgan fingerprint density at radius 1 is 1.46 bits per heavy atom. The van der Waals surface area contributed by atoms with Crippen molar-refractivity contribution in [1.82, 2.24) is 9.62 Å². The molecule has 24 heavy (non-hydrogen) atoms. The number of hydrogen-bond acceptors (Lipinski definition) is 4. The molecule has 2 rings (SSSR count). The second-order valence-electron chi connectivity index (χ2n) is 6.16. The molecule has 0 aromatic heterocycles. The van der Waals surface area contributed by atoms with Gasteiger partial charge in [0.2, 0.25) is 10.0 Å². The molecule has 1 N–H and O–H groups in total. The third-order valence-corrected chi connectivity index (χ3v) is 5.54. The second-order valence-corrected chi connectivity index (χ2v) is 8.55. The average molecular weight is 375 g/mol. The number of halogens is 1. The number of sulfonamides is 1. The topological polar surface area (TPSA) is 75.7 Å². The van der Waals surface area contributed by atoms with Crippen LogP contribution in [-0.4, -0.2) is 50.1 Å². The van der Waals surface area contributed by atoms with Gasteiger partial charge in [0.1, 0.15) is 5.75 Å². The Kier molecular flexibility index (Phi) is 6.11. The van der Waals surface area contributed by atoms with Crippen LogP contribution < -0.4 is 10.1 Å². The van der Waals surface area contributed by atoms with E-state index in [2.05, 4.69) is 5.32 Å². The monoisotopic (exact) mass is 374 g/mol. The number of carbonyl (C=O) groups is 1. The fourth-order valence-corrected chi connectivity index (χ4v) is 3.70. The fourth-order valence-electron chi connectivity index (χ4n) is 2.62. The molecule has 1 aliphatic heterocycles. The third kappa shape index (κ3) is 5.09. The maximum atomic E-state index is 12.3. The van der Waals surface area contributed by atoms with Gasteiger partial charge in [-0.1, -0.05) is 17.7 Å². The SMILES string of the molecule is Cc1ccc(Cl)c(OC(C)C(=O)NC2CCCN(S(C)(=O)=O)C2)c1. The number of nitrogens with one attached hydrogen (secondary N) is 1. The van der Waals surface area contributed by atoms with Crippen molar-refractivity contribution in [2.75, 3.05) is 19.3 Å². The highest BCUT2D eigenvalue weighted by atomic mass is 35.5. The first-order valence-electron chi connectivity index (χ1n) is 7.85. The standard InChI is InChI=1S/C16H23ClN2O4S/c1-11-6-7-14(17)15(9-11)23-12(2)16(20)18-13-5-4-8-19(10-13)24(3,21)22/h6-7,9,12-13H,4-5,8,10H2,1-3H3,(H,18,20). The summed E-state index contributed by atoms with van der Waals surface area (Å²) in [5.41, 5.74) is 0.984. The van der Waals surface area contributed by atoms with Crippen molar-refractivity contribution in [3.8, 4) is 5.75 Å². The summed E-state index contributed by atoms with van der Waals surface area (Å²) in [6.45, 7) is 4.35. The minimum Gasteiger partial charge on any atom is -0.479 e. The summed E-state index contributed by atoms with van der Waals surface area (Å²) in [5.74, 6) is 0.175. The molecular formula is C16H23ClN2O4S. The number of rotatable bonds is 5. The highest BCUT2D eigenvalue weighted by Crippen LogP contribution is 2.26. The molecule has 2 unspecified atom stereocenters. The highest BCUT2D eigenvalue weighted by molar-refractivity contribution is 7.88. The smallest absolute Gasteiger partial charge is 0.261 e. The quantitative estimate of drug-likeness (QED) is 0.854. The largest absolute Gasteiger partial charge is 0.479 e. The second kappa shape index (κ2) is 7.72. The van der Waals surface area contributed by atoms with Crippen molar-refractivity contribution in [3.05, 3.63) is 28.8 Å². The van der Waals surface area contributed by atoms with Crippen molar-refractivity contribution >= 4 is 27.5 Å². The Bertz CT molecular complexity index is 708. The van der Waals surface area contributed by atoms with Gasteiger partial charge in [-0.3, -0.25) is 4.79 Å². The highest BCUT2D eigenvalue weighted by Gasteiger charge is 2.28. The first-order chi connectivity index (χ1) is 11.2.